The molecule has 5 heteroatoms. The number of β-amino-alcohol motifs (C(OH)–C–C–N with tert-alkyl or cyclic N) is 1. The fourth-order valence-electron chi connectivity index (χ4n) is 5.07. The Hall–Kier alpha value is -2.11. The number of rotatable bonds is 5. The highest BCUT2D eigenvalue weighted by Crippen LogP contribution is 2.35. The first-order valence-corrected chi connectivity index (χ1v) is 10.2. The van der Waals surface area contributed by atoms with E-state index in [0.717, 1.165) is 48.6 Å². The average Bonchev–Trinajstić information content (AvgIpc) is 2.61. The molecule has 3 atom stereocenters. The summed E-state index contributed by atoms with van der Waals surface area (Å²) in [5.41, 5.74) is 4.70. The Morgan fingerprint density at radius 1 is 1.14 bits per heavy atom. The molecule has 28 heavy (non-hydrogen) atoms. The van der Waals surface area contributed by atoms with Gasteiger partial charge in [0.15, 0.2) is 0 Å². The standard InChI is InChI=1S/C23H30N2O3/c1-15-7-16(2)23(17(3)8-15)28-14-20(26)13-24-10-18-9-19(12-24)21-5-4-6-22(27)25(21)11-18/h4-8,18-20,26H,9-14H2,1-3H3. The number of hydrogen-bond acceptors (Lipinski definition) is 4. The molecular weight excluding hydrogens is 352 g/mol. The fraction of sp³-hybridized carbons (Fsp3) is 0.522. The van der Waals surface area contributed by atoms with Gasteiger partial charge in [0, 0.05) is 43.9 Å². The number of likely N-dealkylation sites (tertiary alicyclic amines) is 1. The molecule has 3 unspecified atom stereocenters. The Labute approximate surface area is 166 Å². The normalized spacial score (nSPS) is 22.6. The molecule has 0 amide bonds. The summed E-state index contributed by atoms with van der Waals surface area (Å²) in [5.74, 6) is 1.73. The molecule has 150 valence electrons. The highest BCUT2D eigenvalue weighted by atomic mass is 16.5. The molecule has 1 aromatic carbocycles. The van der Waals surface area contributed by atoms with E-state index in [9.17, 15) is 9.90 Å². The summed E-state index contributed by atoms with van der Waals surface area (Å²) in [7, 11) is 0. The summed E-state index contributed by atoms with van der Waals surface area (Å²) < 4.78 is 7.91. The van der Waals surface area contributed by atoms with Gasteiger partial charge in [-0.15, -0.1) is 0 Å². The molecule has 2 bridgehead atoms. The van der Waals surface area contributed by atoms with Crippen LogP contribution in [0.4, 0.5) is 0 Å². The highest BCUT2D eigenvalue weighted by Gasteiger charge is 2.34. The molecule has 1 aromatic heterocycles. The van der Waals surface area contributed by atoms with Gasteiger partial charge in [-0.25, -0.2) is 0 Å². The summed E-state index contributed by atoms with van der Waals surface area (Å²) in [6.45, 7) is 9.69. The van der Waals surface area contributed by atoms with E-state index in [1.54, 1.807) is 6.07 Å². The Morgan fingerprint density at radius 2 is 1.89 bits per heavy atom. The SMILES string of the molecule is Cc1cc(C)c(OCC(O)CN2CC3CC(C2)c2cccc(=O)n2C3)c(C)c1. The molecule has 2 aliphatic rings. The molecule has 2 aliphatic heterocycles. The molecule has 0 radical (unpaired) electrons. The van der Waals surface area contributed by atoms with Crippen molar-refractivity contribution in [1.82, 2.24) is 9.47 Å². The smallest absolute Gasteiger partial charge is 0.250 e. The summed E-state index contributed by atoms with van der Waals surface area (Å²) in [6.07, 6.45) is 0.603. The van der Waals surface area contributed by atoms with Gasteiger partial charge < -0.3 is 14.4 Å². The predicted octanol–water partition coefficient (Wildman–Crippen LogP) is 2.63. The van der Waals surface area contributed by atoms with Crippen molar-refractivity contribution in [3.8, 4) is 5.75 Å². The van der Waals surface area contributed by atoms with E-state index < -0.39 is 6.10 Å². The maximum absolute atomic E-state index is 12.1. The van der Waals surface area contributed by atoms with Crippen molar-refractivity contribution in [1.29, 1.82) is 0 Å². The number of fused-ring (bicyclic) bond motifs is 4. The molecule has 0 spiro atoms. The molecule has 5 nitrogen and oxygen atoms in total. The lowest BCUT2D eigenvalue weighted by Crippen LogP contribution is -2.49. The van der Waals surface area contributed by atoms with Crippen LogP contribution in [0.15, 0.2) is 35.1 Å². The Kier molecular flexibility index (Phi) is 5.30. The number of aliphatic hydroxyl groups is 1. The van der Waals surface area contributed by atoms with Crippen molar-refractivity contribution in [3.63, 3.8) is 0 Å². The number of aromatic nitrogens is 1. The van der Waals surface area contributed by atoms with Gasteiger partial charge in [0.25, 0.3) is 5.56 Å². The monoisotopic (exact) mass is 382 g/mol. The molecule has 0 saturated carbocycles. The second-order valence-corrected chi connectivity index (χ2v) is 8.61. The number of nitrogens with zero attached hydrogens (tertiary/aromatic N) is 2. The quantitative estimate of drug-likeness (QED) is 0.864. The van der Waals surface area contributed by atoms with Crippen molar-refractivity contribution in [2.24, 2.45) is 5.92 Å². The third-order valence-electron chi connectivity index (χ3n) is 6.05. The van der Waals surface area contributed by atoms with Gasteiger partial charge in [-0.2, -0.15) is 0 Å². The van der Waals surface area contributed by atoms with Crippen LogP contribution >= 0.6 is 0 Å². The summed E-state index contributed by atoms with van der Waals surface area (Å²) in [4.78, 5) is 14.5. The lowest BCUT2D eigenvalue weighted by molar-refractivity contribution is 0.0381. The minimum absolute atomic E-state index is 0.109. The zero-order valence-corrected chi connectivity index (χ0v) is 17.0. The van der Waals surface area contributed by atoms with Crippen molar-refractivity contribution < 1.29 is 9.84 Å². The van der Waals surface area contributed by atoms with Crippen molar-refractivity contribution in [3.05, 3.63) is 63.1 Å². The zero-order valence-electron chi connectivity index (χ0n) is 17.0. The Balaban J connectivity index is 1.37. The van der Waals surface area contributed by atoms with Gasteiger partial charge in [0.1, 0.15) is 18.5 Å². The first-order valence-electron chi connectivity index (χ1n) is 10.2. The molecule has 0 aliphatic carbocycles. The van der Waals surface area contributed by atoms with E-state index in [1.165, 1.54) is 5.56 Å². The predicted molar refractivity (Wildman–Crippen MR) is 110 cm³/mol. The third-order valence-corrected chi connectivity index (χ3v) is 6.05. The Morgan fingerprint density at radius 3 is 2.64 bits per heavy atom. The molecule has 2 aromatic rings. The topological polar surface area (TPSA) is 54.7 Å². The van der Waals surface area contributed by atoms with Crippen molar-refractivity contribution in [2.75, 3.05) is 26.2 Å². The number of aliphatic hydroxyl groups excluding tert-OH is 1. The largest absolute Gasteiger partial charge is 0.490 e. The highest BCUT2D eigenvalue weighted by molar-refractivity contribution is 5.42. The number of hydrogen-bond donors (Lipinski definition) is 1. The molecule has 3 heterocycles. The first kappa shape index (κ1) is 19.2. The minimum atomic E-state index is -0.531. The number of pyridine rings is 1. The average molecular weight is 383 g/mol. The molecule has 4 rings (SSSR count). The van der Waals surface area contributed by atoms with Crippen LogP contribution in [0.1, 0.15) is 34.7 Å². The van der Waals surface area contributed by atoms with Crippen LogP contribution in [0, 0.1) is 26.7 Å². The molecule has 1 fully saturated rings. The van der Waals surface area contributed by atoms with Crippen LogP contribution in [0.5, 0.6) is 5.75 Å². The second kappa shape index (κ2) is 7.72. The van der Waals surface area contributed by atoms with Crippen LogP contribution in [-0.4, -0.2) is 46.9 Å². The molecule has 1 saturated heterocycles. The fourth-order valence-corrected chi connectivity index (χ4v) is 5.07. The molecular formula is C23H30N2O3. The van der Waals surface area contributed by atoms with Crippen LogP contribution in [0.25, 0.3) is 0 Å². The second-order valence-electron chi connectivity index (χ2n) is 8.61. The van der Waals surface area contributed by atoms with Crippen LogP contribution in [0.3, 0.4) is 0 Å². The Bertz CT molecular complexity index is 897. The van der Waals surface area contributed by atoms with E-state index >= 15 is 0 Å². The number of aryl methyl sites for hydroxylation is 3. The van der Waals surface area contributed by atoms with Crippen molar-refractivity contribution in [2.45, 2.75) is 45.8 Å². The maximum Gasteiger partial charge on any atom is 0.250 e. The van der Waals surface area contributed by atoms with Gasteiger partial charge >= 0.3 is 0 Å². The van der Waals surface area contributed by atoms with Gasteiger partial charge in [-0.1, -0.05) is 23.8 Å². The van der Waals surface area contributed by atoms with Gasteiger partial charge in [-0.05, 0) is 50.3 Å². The lowest BCUT2D eigenvalue weighted by atomic mass is 9.83. The first-order chi connectivity index (χ1) is 13.4. The summed E-state index contributed by atoms with van der Waals surface area (Å²) in [6, 6.07) is 9.81. The number of ether oxygens (including phenoxy) is 1. The van der Waals surface area contributed by atoms with Crippen molar-refractivity contribution >= 4 is 0 Å². The summed E-state index contributed by atoms with van der Waals surface area (Å²) in [5, 5.41) is 10.6. The summed E-state index contributed by atoms with van der Waals surface area (Å²) >= 11 is 0. The van der Waals surface area contributed by atoms with Gasteiger partial charge in [0.2, 0.25) is 0 Å². The zero-order chi connectivity index (χ0) is 19.8. The van der Waals surface area contributed by atoms with Crippen LogP contribution in [-0.2, 0) is 6.54 Å². The van der Waals surface area contributed by atoms with Gasteiger partial charge in [0.05, 0.1) is 0 Å². The van der Waals surface area contributed by atoms with E-state index in [1.807, 2.05) is 24.5 Å². The van der Waals surface area contributed by atoms with E-state index in [0.29, 0.717) is 25.0 Å². The maximum atomic E-state index is 12.1. The number of benzene rings is 1. The number of piperidine rings is 1. The lowest BCUT2D eigenvalue weighted by Gasteiger charge is -2.43. The third kappa shape index (κ3) is 3.87. The van der Waals surface area contributed by atoms with Crippen LogP contribution < -0.4 is 10.3 Å². The van der Waals surface area contributed by atoms with E-state index in [4.69, 9.17) is 4.74 Å². The minimum Gasteiger partial charge on any atom is -0.490 e. The molecule has 1 N–H and O–H groups in total. The van der Waals surface area contributed by atoms with E-state index in [-0.39, 0.29) is 5.56 Å². The van der Waals surface area contributed by atoms with Gasteiger partial charge in [-0.3, -0.25) is 9.69 Å². The van der Waals surface area contributed by atoms with E-state index in [2.05, 4.69) is 30.0 Å². The van der Waals surface area contributed by atoms with Crippen LogP contribution in [0.2, 0.25) is 0 Å².